The number of hydrogen-bond donors (Lipinski definition) is 0. The number of carbonyl (C=O) groups is 1. The van der Waals surface area contributed by atoms with E-state index in [0.717, 1.165) is 45.3 Å². The van der Waals surface area contributed by atoms with Crippen LogP contribution in [0.2, 0.25) is 0 Å². The lowest BCUT2D eigenvalue weighted by Gasteiger charge is -2.30. The Morgan fingerprint density at radius 2 is 2.20 bits per heavy atom. The van der Waals surface area contributed by atoms with Gasteiger partial charge >= 0.3 is 5.97 Å². The van der Waals surface area contributed by atoms with Gasteiger partial charge in [-0.05, 0) is 38.9 Å². The van der Waals surface area contributed by atoms with Crippen molar-refractivity contribution in [3.63, 3.8) is 0 Å². The minimum Gasteiger partial charge on any atom is -0.469 e. The van der Waals surface area contributed by atoms with Crippen molar-refractivity contribution < 1.29 is 9.53 Å². The summed E-state index contributed by atoms with van der Waals surface area (Å²) < 4.78 is 4.74. The zero-order valence-corrected chi connectivity index (χ0v) is 9.37. The van der Waals surface area contributed by atoms with Crippen LogP contribution < -0.4 is 0 Å². The number of methoxy groups -OCH3 is 1. The minimum absolute atomic E-state index is 0.0572. The maximum atomic E-state index is 11.3. The van der Waals surface area contributed by atoms with E-state index in [4.69, 9.17) is 11.2 Å². The van der Waals surface area contributed by atoms with Gasteiger partial charge in [0.05, 0.1) is 13.0 Å². The van der Waals surface area contributed by atoms with E-state index >= 15 is 0 Å². The highest BCUT2D eigenvalue weighted by molar-refractivity contribution is 5.72. The highest BCUT2D eigenvalue weighted by Gasteiger charge is 2.24. The normalized spacial score (nSPS) is 18.4. The molecule has 0 bridgehead atoms. The third-order valence-corrected chi connectivity index (χ3v) is 2.92. The second-order valence-electron chi connectivity index (χ2n) is 3.95. The molecule has 1 aliphatic rings. The summed E-state index contributed by atoms with van der Waals surface area (Å²) in [5.74, 6) is 2.70. The van der Waals surface area contributed by atoms with Gasteiger partial charge in [0, 0.05) is 6.42 Å². The first-order valence-corrected chi connectivity index (χ1v) is 5.51. The maximum absolute atomic E-state index is 11.3. The van der Waals surface area contributed by atoms with Crippen LogP contribution in [-0.2, 0) is 9.53 Å². The topological polar surface area (TPSA) is 29.5 Å². The van der Waals surface area contributed by atoms with E-state index in [1.807, 2.05) is 0 Å². The van der Waals surface area contributed by atoms with Crippen LogP contribution in [0.1, 0.15) is 25.7 Å². The molecule has 1 aliphatic heterocycles. The number of piperidine rings is 1. The zero-order valence-electron chi connectivity index (χ0n) is 9.37. The number of nitrogens with zero attached hydrogens (tertiary/aromatic N) is 1. The molecule has 84 valence electrons. The molecule has 0 aliphatic carbocycles. The Bertz CT molecular complexity index is 236. The Balaban J connectivity index is 2.18. The molecule has 15 heavy (non-hydrogen) atoms. The summed E-state index contributed by atoms with van der Waals surface area (Å²) in [5, 5.41) is 0. The molecule has 0 aromatic heterocycles. The fraction of sp³-hybridized carbons (Fsp3) is 0.750. The quantitative estimate of drug-likeness (QED) is 0.397. The standard InChI is InChI=1S/C12H19NO2/c1-3-4-5-8-13-9-6-11(7-10-13)12(14)15-2/h1,11H,4-10H2,2H3. The molecule has 0 N–H and O–H groups in total. The Morgan fingerprint density at radius 3 is 2.73 bits per heavy atom. The van der Waals surface area contributed by atoms with Crippen molar-refractivity contribution in [2.75, 3.05) is 26.7 Å². The van der Waals surface area contributed by atoms with Crippen molar-refractivity contribution in [1.29, 1.82) is 0 Å². The van der Waals surface area contributed by atoms with Crippen molar-refractivity contribution in [2.45, 2.75) is 25.7 Å². The average molecular weight is 209 g/mol. The highest BCUT2D eigenvalue weighted by Crippen LogP contribution is 2.18. The molecule has 1 saturated heterocycles. The number of ether oxygens (including phenoxy) is 1. The fourth-order valence-corrected chi connectivity index (χ4v) is 1.96. The molecule has 1 fully saturated rings. The van der Waals surface area contributed by atoms with E-state index in [9.17, 15) is 4.79 Å². The third kappa shape index (κ3) is 3.93. The molecule has 0 amide bonds. The summed E-state index contributed by atoms with van der Waals surface area (Å²) in [6, 6.07) is 0. The first-order valence-electron chi connectivity index (χ1n) is 5.51. The Kier molecular flexibility index (Phi) is 5.20. The number of unbranched alkanes of at least 4 members (excludes halogenated alkanes) is 1. The van der Waals surface area contributed by atoms with Gasteiger partial charge in [-0.2, -0.15) is 0 Å². The molecule has 0 unspecified atom stereocenters. The molecule has 3 heteroatoms. The predicted octanol–water partition coefficient (Wildman–Crippen LogP) is 1.28. The Hall–Kier alpha value is -1.01. The van der Waals surface area contributed by atoms with E-state index in [-0.39, 0.29) is 11.9 Å². The lowest BCUT2D eigenvalue weighted by Crippen LogP contribution is -2.37. The molecule has 1 heterocycles. The molecule has 0 aromatic carbocycles. The summed E-state index contributed by atoms with van der Waals surface area (Å²) in [5.41, 5.74) is 0. The zero-order chi connectivity index (χ0) is 11.1. The molecule has 3 nitrogen and oxygen atoms in total. The number of carbonyl (C=O) groups excluding carboxylic acids is 1. The van der Waals surface area contributed by atoms with E-state index in [1.54, 1.807) is 0 Å². The van der Waals surface area contributed by atoms with Crippen molar-refractivity contribution in [1.82, 2.24) is 4.90 Å². The van der Waals surface area contributed by atoms with Gasteiger partial charge in [0.15, 0.2) is 0 Å². The molecule has 0 aromatic rings. The first-order chi connectivity index (χ1) is 7.27. The summed E-state index contributed by atoms with van der Waals surface area (Å²) in [4.78, 5) is 13.6. The van der Waals surface area contributed by atoms with Gasteiger partial charge in [0.2, 0.25) is 0 Å². The van der Waals surface area contributed by atoms with Gasteiger partial charge in [0.25, 0.3) is 0 Å². The van der Waals surface area contributed by atoms with Crippen LogP contribution in [0, 0.1) is 18.3 Å². The smallest absolute Gasteiger partial charge is 0.308 e. The van der Waals surface area contributed by atoms with E-state index in [2.05, 4.69) is 10.8 Å². The van der Waals surface area contributed by atoms with E-state index in [1.165, 1.54) is 7.11 Å². The number of terminal acetylenes is 1. The van der Waals surface area contributed by atoms with Crippen LogP contribution in [0.3, 0.4) is 0 Å². The number of likely N-dealkylation sites (tertiary alicyclic amines) is 1. The largest absolute Gasteiger partial charge is 0.469 e. The average Bonchev–Trinajstić information content (AvgIpc) is 2.29. The van der Waals surface area contributed by atoms with Crippen molar-refractivity contribution >= 4 is 5.97 Å². The highest BCUT2D eigenvalue weighted by atomic mass is 16.5. The molecular formula is C12H19NO2. The SMILES string of the molecule is C#CCCCN1CCC(C(=O)OC)CC1. The van der Waals surface area contributed by atoms with Crippen molar-refractivity contribution in [2.24, 2.45) is 5.92 Å². The van der Waals surface area contributed by atoms with Crippen LogP contribution in [-0.4, -0.2) is 37.6 Å². The number of esters is 1. The van der Waals surface area contributed by atoms with E-state index in [0.29, 0.717) is 0 Å². The lowest BCUT2D eigenvalue weighted by atomic mass is 9.97. The molecular weight excluding hydrogens is 190 g/mol. The lowest BCUT2D eigenvalue weighted by molar-refractivity contribution is -0.147. The predicted molar refractivity (Wildman–Crippen MR) is 59.2 cm³/mol. The molecule has 1 rings (SSSR count). The van der Waals surface area contributed by atoms with Crippen molar-refractivity contribution in [3.8, 4) is 12.3 Å². The first kappa shape index (κ1) is 12.1. The van der Waals surface area contributed by atoms with Gasteiger partial charge in [0.1, 0.15) is 0 Å². The number of rotatable bonds is 4. The van der Waals surface area contributed by atoms with Gasteiger partial charge in [-0.1, -0.05) is 0 Å². The van der Waals surface area contributed by atoms with Crippen LogP contribution in [0.15, 0.2) is 0 Å². The van der Waals surface area contributed by atoms with Crippen molar-refractivity contribution in [3.05, 3.63) is 0 Å². The van der Waals surface area contributed by atoms with Gasteiger partial charge in [-0.25, -0.2) is 0 Å². The molecule has 0 spiro atoms. The molecule has 0 radical (unpaired) electrons. The summed E-state index contributed by atoms with van der Waals surface area (Å²) in [6.45, 7) is 3.03. The van der Waals surface area contributed by atoms with Crippen LogP contribution in [0.25, 0.3) is 0 Å². The minimum atomic E-state index is -0.0572. The summed E-state index contributed by atoms with van der Waals surface area (Å²) >= 11 is 0. The number of hydrogen-bond acceptors (Lipinski definition) is 3. The van der Waals surface area contributed by atoms with E-state index < -0.39 is 0 Å². The summed E-state index contributed by atoms with van der Waals surface area (Å²) in [6.07, 6.45) is 8.93. The van der Waals surface area contributed by atoms with Gasteiger partial charge < -0.3 is 9.64 Å². The fourth-order valence-electron chi connectivity index (χ4n) is 1.96. The van der Waals surface area contributed by atoms with Gasteiger partial charge in [-0.15, -0.1) is 12.3 Å². The molecule has 0 atom stereocenters. The Labute approximate surface area is 91.8 Å². The summed E-state index contributed by atoms with van der Waals surface area (Å²) in [7, 11) is 1.46. The van der Waals surface area contributed by atoms with Gasteiger partial charge in [-0.3, -0.25) is 4.79 Å². The second kappa shape index (κ2) is 6.47. The molecule has 0 saturated carbocycles. The maximum Gasteiger partial charge on any atom is 0.308 e. The van der Waals surface area contributed by atoms with Crippen LogP contribution in [0.4, 0.5) is 0 Å². The monoisotopic (exact) mass is 209 g/mol. The van der Waals surface area contributed by atoms with Crippen LogP contribution in [0.5, 0.6) is 0 Å². The Morgan fingerprint density at radius 1 is 1.53 bits per heavy atom. The third-order valence-electron chi connectivity index (χ3n) is 2.92. The second-order valence-corrected chi connectivity index (χ2v) is 3.95. The van der Waals surface area contributed by atoms with Crippen LogP contribution >= 0.6 is 0 Å².